The third-order valence-corrected chi connectivity index (χ3v) is 3.31. The summed E-state index contributed by atoms with van der Waals surface area (Å²) in [5, 5.41) is 12.1. The van der Waals surface area contributed by atoms with E-state index in [2.05, 4.69) is 5.32 Å². The fraction of sp³-hybridized carbons (Fsp3) is 0.400. The van der Waals surface area contributed by atoms with Crippen LogP contribution in [-0.2, 0) is 4.79 Å². The number of nitrogens with one attached hydrogen (secondary N) is 1. The molecule has 0 aromatic heterocycles. The van der Waals surface area contributed by atoms with E-state index in [1.54, 1.807) is 0 Å². The Kier molecular flexibility index (Phi) is 4.53. The van der Waals surface area contributed by atoms with E-state index in [1.807, 2.05) is 42.5 Å². The molecule has 3 nitrogen and oxygen atoms in total. The van der Waals surface area contributed by atoms with Crippen LogP contribution in [0.5, 0.6) is 0 Å². The Balaban J connectivity index is 2.00. The highest BCUT2D eigenvalue weighted by atomic mass is 16.3. The number of aliphatic hydroxyl groups is 1. The zero-order chi connectivity index (χ0) is 12.8. The third-order valence-electron chi connectivity index (χ3n) is 3.31. The molecule has 2 rings (SSSR count). The molecule has 1 aromatic rings. The summed E-state index contributed by atoms with van der Waals surface area (Å²) < 4.78 is 0. The van der Waals surface area contributed by atoms with Gasteiger partial charge in [0.15, 0.2) is 0 Å². The van der Waals surface area contributed by atoms with Crippen LogP contribution in [0.25, 0.3) is 0 Å². The maximum Gasteiger partial charge on any atom is 0.224 e. The molecule has 1 aromatic carbocycles. The van der Waals surface area contributed by atoms with Crippen LogP contribution < -0.4 is 5.32 Å². The fourth-order valence-corrected chi connectivity index (χ4v) is 2.26. The van der Waals surface area contributed by atoms with Crippen molar-refractivity contribution in [1.82, 2.24) is 5.32 Å². The van der Waals surface area contributed by atoms with Crippen LogP contribution in [0.4, 0.5) is 0 Å². The van der Waals surface area contributed by atoms with Crippen molar-refractivity contribution in [3.63, 3.8) is 0 Å². The summed E-state index contributed by atoms with van der Waals surface area (Å²) in [5.74, 6) is 0.150. The summed E-state index contributed by atoms with van der Waals surface area (Å²) in [7, 11) is 0. The minimum Gasteiger partial charge on any atom is -0.396 e. The molecule has 1 unspecified atom stereocenters. The monoisotopic (exact) mass is 245 g/mol. The number of hydrogen-bond acceptors (Lipinski definition) is 2. The van der Waals surface area contributed by atoms with Crippen molar-refractivity contribution < 1.29 is 9.90 Å². The highest BCUT2D eigenvalue weighted by Gasteiger charge is 2.22. The zero-order valence-electron chi connectivity index (χ0n) is 10.4. The topological polar surface area (TPSA) is 49.3 Å². The van der Waals surface area contributed by atoms with Gasteiger partial charge in [0, 0.05) is 12.5 Å². The predicted octanol–water partition coefficient (Wildman–Crippen LogP) is 2.19. The van der Waals surface area contributed by atoms with Crippen LogP contribution in [0, 0.1) is 5.92 Å². The van der Waals surface area contributed by atoms with E-state index in [1.165, 1.54) is 0 Å². The van der Waals surface area contributed by atoms with Gasteiger partial charge in [-0.3, -0.25) is 4.79 Å². The number of carbonyl (C=O) groups is 1. The lowest BCUT2D eigenvalue weighted by Gasteiger charge is -2.20. The summed E-state index contributed by atoms with van der Waals surface area (Å²) >= 11 is 0. The van der Waals surface area contributed by atoms with Gasteiger partial charge in [-0.15, -0.1) is 0 Å². The number of aliphatic hydroxyl groups excluding tert-OH is 1. The van der Waals surface area contributed by atoms with Crippen molar-refractivity contribution in [3.05, 3.63) is 48.0 Å². The third kappa shape index (κ3) is 3.20. The first kappa shape index (κ1) is 12.8. The average Bonchev–Trinajstić information content (AvgIpc) is 2.93. The molecule has 1 aliphatic carbocycles. The van der Waals surface area contributed by atoms with Gasteiger partial charge < -0.3 is 10.4 Å². The Hall–Kier alpha value is -1.61. The summed E-state index contributed by atoms with van der Waals surface area (Å²) in [6.07, 6.45) is 6.30. The molecule has 0 saturated carbocycles. The summed E-state index contributed by atoms with van der Waals surface area (Å²) in [6, 6.07) is 9.71. The average molecular weight is 245 g/mol. The first-order valence-corrected chi connectivity index (χ1v) is 6.42. The molecule has 0 heterocycles. The fourth-order valence-electron chi connectivity index (χ4n) is 2.26. The van der Waals surface area contributed by atoms with E-state index >= 15 is 0 Å². The molecule has 1 aliphatic rings. The molecule has 0 saturated heterocycles. The van der Waals surface area contributed by atoms with Crippen LogP contribution in [0.1, 0.15) is 30.9 Å². The molecule has 1 atom stereocenters. The van der Waals surface area contributed by atoms with Crippen LogP contribution in [0.3, 0.4) is 0 Å². The highest BCUT2D eigenvalue weighted by Crippen LogP contribution is 2.21. The van der Waals surface area contributed by atoms with Crippen LogP contribution in [0.15, 0.2) is 42.5 Å². The Morgan fingerprint density at radius 2 is 1.94 bits per heavy atom. The Bertz CT molecular complexity index is 406. The first-order valence-electron chi connectivity index (χ1n) is 6.42. The normalized spacial score (nSPS) is 16.7. The molecule has 3 heteroatoms. The second-order valence-electron chi connectivity index (χ2n) is 4.62. The minimum atomic E-state index is -0.0932. The largest absolute Gasteiger partial charge is 0.396 e. The van der Waals surface area contributed by atoms with E-state index in [4.69, 9.17) is 5.11 Å². The highest BCUT2D eigenvalue weighted by molar-refractivity contribution is 5.79. The zero-order valence-corrected chi connectivity index (χ0v) is 10.4. The molecule has 0 aliphatic heterocycles. The molecule has 18 heavy (non-hydrogen) atoms. The predicted molar refractivity (Wildman–Crippen MR) is 70.9 cm³/mol. The quantitative estimate of drug-likeness (QED) is 0.781. The van der Waals surface area contributed by atoms with Gasteiger partial charge in [-0.05, 0) is 24.8 Å². The van der Waals surface area contributed by atoms with Crippen molar-refractivity contribution >= 4 is 5.91 Å². The van der Waals surface area contributed by atoms with Gasteiger partial charge in [-0.25, -0.2) is 0 Å². The summed E-state index contributed by atoms with van der Waals surface area (Å²) in [6.45, 7) is 0.0722. The number of hydrogen-bond donors (Lipinski definition) is 2. The summed E-state index contributed by atoms with van der Waals surface area (Å²) in [4.78, 5) is 12.1. The molecule has 0 fully saturated rings. The van der Waals surface area contributed by atoms with E-state index in [0.29, 0.717) is 6.42 Å². The van der Waals surface area contributed by atoms with Gasteiger partial charge in [-0.2, -0.15) is 0 Å². The number of amides is 1. The van der Waals surface area contributed by atoms with Crippen molar-refractivity contribution in [1.29, 1.82) is 0 Å². The molecule has 0 radical (unpaired) electrons. The van der Waals surface area contributed by atoms with Crippen molar-refractivity contribution in [3.8, 4) is 0 Å². The number of allylic oxidation sites excluding steroid dienone is 2. The second-order valence-corrected chi connectivity index (χ2v) is 4.62. The Morgan fingerprint density at radius 3 is 2.56 bits per heavy atom. The smallest absolute Gasteiger partial charge is 0.224 e. The molecule has 96 valence electrons. The Morgan fingerprint density at radius 1 is 1.28 bits per heavy atom. The van der Waals surface area contributed by atoms with E-state index in [0.717, 1.165) is 18.4 Å². The molecule has 1 amide bonds. The van der Waals surface area contributed by atoms with E-state index in [-0.39, 0.29) is 24.5 Å². The van der Waals surface area contributed by atoms with Gasteiger partial charge in [-0.1, -0.05) is 42.5 Å². The molecule has 0 bridgehead atoms. The lowest BCUT2D eigenvalue weighted by molar-refractivity contribution is -0.125. The van der Waals surface area contributed by atoms with E-state index < -0.39 is 0 Å². The minimum absolute atomic E-state index is 0.0647. The molecular formula is C15H19NO2. The van der Waals surface area contributed by atoms with Crippen LogP contribution in [-0.4, -0.2) is 17.6 Å². The van der Waals surface area contributed by atoms with Gasteiger partial charge in [0.2, 0.25) is 5.91 Å². The van der Waals surface area contributed by atoms with Crippen molar-refractivity contribution in [2.75, 3.05) is 6.61 Å². The number of benzene rings is 1. The van der Waals surface area contributed by atoms with Gasteiger partial charge in [0.25, 0.3) is 0 Å². The molecular weight excluding hydrogens is 226 g/mol. The van der Waals surface area contributed by atoms with Gasteiger partial charge in [0.05, 0.1) is 6.04 Å². The van der Waals surface area contributed by atoms with Crippen molar-refractivity contribution in [2.24, 2.45) is 5.92 Å². The van der Waals surface area contributed by atoms with E-state index in [9.17, 15) is 4.79 Å². The number of rotatable bonds is 5. The number of carbonyl (C=O) groups excluding carboxylic acids is 1. The van der Waals surface area contributed by atoms with Crippen LogP contribution >= 0.6 is 0 Å². The second kappa shape index (κ2) is 6.36. The maximum atomic E-state index is 12.1. The lowest BCUT2D eigenvalue weighted by Crippen LogP contribution is -2.33. The first-order chi connectivity index (χ1) is 8.81. The Labute approximate surface area is 108 Å². The van der Waals surface area contributed by atoms with Crippen molar-refractivity contribution in [2.45, 2.75) is 25.3 Å². The summed E-state index contributed by atoms with van der Waals surface area (Å²) in [5.41, 5.74) is 1.05. The SMILES string of the molecule is O=C(NC(CCO)c1ccccc1)C1CC=CC1. The molecule has 0 spiro atoms. The van der Waals surface area contributed by atoms with Crippen LogP contribution in [0.2, 0.25) is 0 Å². The lowest BCUT2D eigenvalue weighted by atomic mass is 10.0. The van der Waals surface area contributed by atoms with Gasteiger partial charge in [0.1, 0.15) is 0 Å². The standard InChI is InChI=1S/C15H19NO2/c17-11-10-14(12-6-2-1-3-7-12)16-15(18)13-8-4-5-9-13/h1-7,13-14,17H,8-11H2,(H,16,18). The molecule has 2 N–H and O–H groups in total. The maximum absolute atomic E-state index is 12.1. The van der Waals surface area contributed by atoms with Gasteiger partial charge >= 0.3 is 0 Å².